The van der Waals surface area contributed by atoms with Gasteiger partial charge in [-0.3, -0.25) is 9.78 Å². The average molecular weight is 541 g/mol. The van der Waals surface area contributed by atoms with Gasteiger partial charge < -0.3 is 26.0 Å². The summed E-state index contributed by atoms with van der Waals surface area (Å²) in [6.07, 6.45) is 2.15. The van der Waals surface area contributed by atoms with E-state index in [2.05, 4.69) is 33.2 Å². The van der Waals surface area contributed by atoms with Crippen LogP contribution in [0.2, 0.25) is 0 Å². The van der Waals surface area contributed by atoms with Crippen LogP contribution in [-0.4, -0.2) is 54.2 Å². The number of amides is 3. The molecular formula is C30H29FN6O3. The smallest absolute Gasteiger partial charge is 0.319 e. The number of anilines is 1. The molecule has 0 saturated carbocycles. The molecule has 1 atom stereocenters. The van der Waals surface area contributed by atoms with Gasteiger partial charge >= 0.3 is 6.03 Å². The van der Waals surface area contributed by atoms with E-state index in [1.54, 1.807) is 36.5 Å². The monoisotopic (exact) mass is 540 g/mol. The van der Waals surface area contributed by atoms with Gasteiger partial charge in [0.15, 0.2) is 0 Å². The lowest BCUT2D eigenvalue weighted by Crippen LogP contribution is -2.57. The van der Waals surface area contributed by atoms with Crippen LogP contribution >= 0.6 is 0 Å². The average Bonchev–Trinajstić information content (AvgIpc) is 3.31. The summed E-state index contributed by atoms with van der Waals surface area (Å²) < 4.78 is 19.4. The highest BCUT2D eigenvalue weighted by Gasteiger charge is 2.26. The summed E-state index contributed by atoms with van der Waals surface area (Å²) in [5.74, 6) is 0.358. The third-order valence-electron chi connectivity index (χ3n) is 7.18. The van der Waals surface area contributed by atoms with Crippen LogP contribution < -0.4 is 26.0 Å². The van der Waals surface area contributed by atoms with E-state index in [1.807, 2.05) is 12.1 Å². The van der Waals surface area contributed by atoms with Crippen LogP contribution in [0.4, 0.5) is 14.9 Å². The number of fused-ring (bicyclic) bond motifs is 2. The quantitative estimate of drug-likeness (QED) is 0.282. The molecule has 0 spiro atoms. The fourth-order valence-electron chi connectivity index (χ4n) is 4.92. The number of carbonyl (C=O) groups is 2. The van der Waals surface area contributed by atoms with E-state index in [1.165, 1.54) is 12.1 Å². The number of benzene rings is 2. The predicted molar refractivity (Wildman–Crippen MR) is 150 cm³/mol. The number of ether oxygens (including phenoxy) is 1. The molecule has 2 aliphatic rings. The molecule has 4 aromatic rings. The summed E-state index contributed by atoms with van der Waals surface area (Å²) in [5, 5.41) is 12.6. The number of rotatable bonds is 7. The van der Waals surface area contributed by atoms with Gasteiger partial charge in [-0.2, -0.15) is 0 Å². The molecule has 2 aromatic carbocycles. The summed E-state index contributed by atoms with van der Waals surface area (Å²) >= 11 is 0. The van der Waals surface area contributed by atoms with Crippen molar-refractivity contribution < 1.29 is 18.7 Å². The number of halogens is 1. The fourth-order valence-corrected chi connectivity index (χ4v) is 4.92. The van der Waals surface area contributed by atoms with Crippen LogP contribution in [-0.2, 0) is 6.42 Å². The molecule has 4 N–H and O–H groups in total. The summed E-state index contributed by atoms with van der Waals surface area (Å²) in [6, 6.07) is 15.0. The number of nitrogens with one attached hydrogen (secondary N) is 4. The highest BCUT2D eigenvalue weighted by Crippen LogP contribution is 2.41. The Labute approximate surface area is 230 Å². The summed E-state index contributed by atoms with van der Waals surface area (Å²) in [5.41, 5.74) is 4.81. The van der Waals surface area contributed by atoms with E-state index >= 15 is 0 Å². The van der Waals surface area contributed by atoms with Crippen molar-refractivity contribution in [1.29, 1.82) is 0 Å². The van der Waals surface area contributed by atoms with E-state index < -0.39 is 0 Å². The lowest BCUT2D eigenvalue weighted by molar-refractivity contribution is 0.0954. The van der Waals surface area contributed by atoms with Crippen LogP contribution in [0.25, 0.3) is 22.2 Å². The van der Waals surface area contributed by atoms with Crippen molar-refractivity contribution in [2.45, 2.75) is 25.3 Å². The molecule has 6 rings (SSSR count). The third-order valence-corrected chi connectivity index (χ3v) is 7.18. The number of urea groups is 1. The zero-order valence-corrected chi connectivity index (χ0v) is 22.0. The lowest BCUT2D eigenvalue weighted by atomic mass is 9.99. The number of carbonyl (C=O) groups excluding carboxylic acids is 2. The highest BCUT2D eigenvalue weighted by molar-refractivity contribution is 6.05. The van der Waals surface area contributed by atoms with Crippen molar-refractivity contribution in [3.05, 3.63) is 83.4 Å². The second-order valence-corrected chi connectivity index (χ2v) is 10.2. The Morgan fingerprint density at radius 1 is 1.12 bits per heavy atom. The second-order valence-electron chi connectivity index (χ2n) is 10.2. The molecule has 0 radical (unpaired) electrons. The largest absolute Gasteiger partial charge is 0.490 e. The molecule has 1 unspecified atom stereocenters. The molecule has 1 fully saturated rings. The molecule has 4 heterocycles. The predicted octanol–water partition coefficient (Wildman–Crippen LogP) is 4.00. The third kappa shape index (κ3) is 5.30. The van der Waals surface area contributed by atoms with E-state index in [9.17, 15) is 14.0 Å². The Bertz CT molecular complexity index is 1590. The van der Waals surface area contributed by atoms with Crippen LogP contribution in [0.5, 0.6) is 5.75 Å². The van der Waals surface area contributed by atoms with Crippen molar-refractivity contribution in [3.63, 3.8) is 0 Å². The zero-order chi connectivity index (χ0) is 27.6. The second kappa shape index (κ2) is 10.9. The van der Waals surface area contributed by atoms with Gasteiger partial charge in [0.05, 0.1) is 23.9 Å². The van der Waals surface area contributed by atoms with Crippen molar-refractivity contribution in [2.75, 3.05) is 31.6 Å². The summed E-state index contributed by atoms with van der Waals surface area (Å²) in [7, 11) is 0. The van der Waals surface area contributed by atoms with Crippen molar-refractivity contribution in [2.24, 2.45) is 0 Å². The van der Waals surface area contributed by atoms with Crippen LogP contribution in [0.15, 0.2) is 60.8 Å². The molecule has 204 valence electrons. The molecule has 3 amide bonds. The molecule has 2 aliphatic heterocycles. The van der Waals surface area contributed by atoms with Gasteiger partial charge in [-0.15, -0.1) is 0 Å². The van der Waals surface area contributed by atoms with Gasteiger partial charge in [0, 0.05) is 65.9 Å². The molecule has 0 bridgehead atoms. The molecule has 2 aromatic heterocycles. The molecular weight excluding hydrogens is 511 g/mol. The van der Waals surface area contributed by atoms with Gasteiger partial charge in [-0.05, 0) is 48.5 Å². The first-order valence-electron chi connectivity index (χ1n) is 13.3. The van der Waals surface area contributed by atoms with Gasteiger partial charge in [-0.25, -0.2) is 14.2 Å². The SMILES string of the molecule is CC1COc2c1cc(CCNC(=O)c1cc(NC(=O)NC3CNC3)c3ncccc3c1)nc2-c1ccc(F)cc1. The Morgan fingerprint density at radius 2 is 1.95 bits per heavy atom. The highest BCUT2D eigenvalue weighted by atomic mass is 19.1. The topological polar surface area (TPSA) is 117 Å². The van der Waals surface area contributed by atoms with Crippen LogP contribution in [0.1, 0.15) is 34.5 Å². The number of pyridine rings is 2. The molecule has 9 nitrogen and oxygen atoms in total. The van der Waals surface area contributed by atoms with Crippen molar-refractivity contribution >= 4 is 28.5 Å². The van der Waals surface area contributed by atoms with Crippen molar-refractivity contribution in [3.8, 4) is 17.0 Å². The Balaban J connectivity index is 1.18. The minimum atomic E-state index is -0.339. The number of nitrogens with zero attached hydrogens (tertiary/aromatic N) is 2. The molecule has 40 heavy (non-hydrogen) atoms. The Morgan fingerprint density at radius 3 is 2.73 bits per heavy atom. The van der Waals surface area contributed by atoms with Crippen LogP contribution in [0.3, 0.4) is 0 Å². The molecule has 10 heteroatoms. The maximum atomic E-state index is 13.5. The number of aromatic nitrogens is 2. The normalized spacial score (nSPS) is 16.1. The zero-order valence-electron chi connectivity index (χ0n) is 22.0. The van der Waals surface area contributed by atoms with E-state index in [0.29, 0.717) is 42.0 Å². The van der Waals surface area contributed by atoms with E-state index in [-0.39, 0.29) is 29.7 Å². The first kappa shape index (κ1) is 25.7. The van der Waals surface area contributed by atoms with Gasteiger partial charge in [0.2, 0.25) is 0 Å². The van der Waals surface area contributed by atoms with Crippen molar-refractivity contribution in [1.82, 2.24) is 25.9 Å². The standard InChI is InChI=1S/C30H29FN6O3/c1-17-16-40-28-24(17)13-22(35-27(28)18-4-6-21(31)7-5-18)8-10-34-29(38)20-11-19-3-2-9-33-26(19)25(12-20)37-30(39)36-23-14-32-15-23/h2-7,9,11-13,17,23,32H,8,10,14-16H2,1H3,(H,34,38)(H2,36,37,39). The Hall–Kier alpha value is -4.57. The Kier molecular flexibility index (Phi) is 7.00. The maximum absolute atomic E-state index is 13.5. The van der Waals surface area contributed by atoms with Crippen LogP contribution in [0, 0.1) is 5.82 Å². The number of hydrogen-bond acceptors (Lipinski definition) is 6. The minimum absolute atomic E-state index is 0.0802. The van der Waals surface area contributed by atoms with Gasteiger partial charge in [-0.1, -0.05) is 13.0 Å². The maximum Gasteiger partial charge on any atom is 0.319 e. The fraction of sp³-hybridized carbons (Fsp3) is 0.267. The lowest BCUT2D eigenvalue weighted by Gasteiger charge is -2.28. The van der Waals surface area contributed by atoms with Gasteiger partial charge in [0.1, 0.15) is 17.3 Å². The summed E-state index contributed by atoms with van der Waals surface area (Å²) in [6.45, 7) is 4.46. The first-order valence-corrected chi connectivity index (χ1v) is 13.3. The van der Waals surface area contributed by atoms with E-state index in [0.717, 1.165) is 41.0 Å². The molecule has 1 saturated heterocycles. The van der Waals surface area contributed by atoms with E-state index in [4.69, 9.17) is 9.72 Å². The molecule has 0 aliphatic carbocycles. The first-order chi connectivity index (χ1) is 19.4. The summed E-state index contributed by atoms with van der Waals surface area (Å²) in [4.78, 5) is 34.9. The van der Waals surface area contributed by atoms with Gasteiger partial charge in [0.25, 0.3) is 5.91 Å². The number of hydrogen-bond donors (Lipinski definition) is 4. The minimum Gasteiger partial charge on any atom is -0.490 e.